The summed E-state index contributed by atoms with van der Waals surface area (Å²) >= 11 is 0. The molecule has 1 spiro atoms. The predicted molar refractivity (Wildman–Crippen MR) is 101 cm³/mol. The van der Waals surface area contributed by atoms with Crippen molar-refractivity contribution in [2.45, 2.75) is 51.0 Å². The molecule has 3 nitrogen and oxygen atoms in total. The second kappa shape index (κ2) is 5.04. The van der Waals surface area contributed by atoms with Crippen LogP contribution >= 0.6 is 0 Å². The molecule has 1 aliphatic heterocycles. The Morgan fingerprint density at radius 3 is 2.85 bits per heavy atom. The van der Waals surface area contributed by atoms with E-state index in [1.165, 1.54) is 18.4 Å². The highest BCUT2D eigenvalue weighted by molar-refractivity contribution is 5.91. The maximum absolute atomic E-state index is 12.0. The van der Waals surface area contributed by atoms with Crippen molar-refractivity contribution in [2.24, 2.45) is 46.8 Å². The molecular weight excluding hydrogens is 336 g/mol. The average molecular weight is 364 g/mol. The van der Waals surface area contributed by atoms with Gasteiger partial charge in [0.1, 0.15) is 5.60 Å². The molecule has 0 radical (unpaired) electrons. The van der Waals surface area contributed by atoms with Crippen LogP contribution in [0.1, 0.15) is 45.4 Å². The van der Waals surface area contributed by atoms with Crippen LogP contribution in [0.25, 0.3) is 0 Å². The van der Waals surface area contributed by atoms with E-state index in [-0.39, 0.29) is 17.0 Å². The smallest absolute Gasteiger partial charge is 0.331 e. The third kappa shape index (κ3) is 1.84. The number of esters is 1. The molecule has 4 fully saturated rings. The minimum absolute atomic E-state index is 0.0530. The number of fused-ring (bicyclic) bond motifs is 9. The van der Waals surface area contributed by atoms with Gasteiger partial charge in [-0.15, -0.1) is 6.58 Å². The van der Waals surface area contributed by atoms with Gasteiger partial charge >= 0.3 is 5.97 Å². The zero-order chi connectivity index (χ0) is 18.6. The Balaban J connectivity index is 1.43. The summed E-state index contributed by atoms with van der Waals surface area (Å²) in [6.07, 6.45) is 14.2. The third-order valence-corrected chi connectivity index (χ3v) is 9.43. The Kier molecular flexibility index (Phi) is 3.05. The van der Waals surface area contributed by atoms with E-state index < -0.39 is 0 Å². The molecule has 0 saturated heterocycles. The van der Waals surface area contributed by atoms with Crippen LogP contribution in [0, 0.1) is 46.8 Å². The summed E-state index contributed by atoms with van der Waals surface area (Å²) in [6, 6.07) is 0. The van der Waals surface area contributed by atoms with Gasteiger partial charge in [-0.05, 0) is 79.8 Å². The highest BCUT2D eigenvalue weighted by Gasteiger charge is 2.78. The molecule has 0 bridgehead atoms. The first-order chi connectivity index (χ1) is 13.0. The van der Waals surface area contributed by atoms with Crippen molar-refractivity contribution in [3.63, 3.8) is 0 Å². The highest BCUT2D eigenvalue weighted by Crippen LogP contribution is 2.78. The summed E-state index contributed by atoms with van der Waals surface area (Å²) in [6.45, 7) is 6.60. The van der Waals surface area contributed by atoms with Gasteiger partial charge in [0.05, 0.1) is 0 Å². The predicted octanol–water partition coefficient (Wildman–Crippen LogP) is 4.25. The van der Waals surface area contributed by atoms with Crippen molar-refractivity contribution in [1.29, 1.82) is 0 Å². The van der Waals surface area contributed by atoms with Gasteiger partial charge in [0, 0.05) is 23.8 Å². The van der Waals surface area contributed by atoms with E-state index in [0.717, 1.165) is 19.3 Å². The fraction of sp³-hybridized carbons (Fsp3) is 0.667. The largest absolute Gasteiger partial charge is 0.451 e. The van der Waals surface area contributed by atoms with Gasteiger partial charge in [0.2, 0.25) is 0 Å². The molecule has 4 saturated carbocycles. The van der Waals surface area contributed by atoms with Crippen LogP contribution in [-0.4, -0.2) is 17.4 Å². The molecule has 9 atom stereocenters. The molecule has 1 heterocycles. The molecule has 3 heteroatoms. The highest BCUT2D eigenvalue weighted by atomic mass is 16.6. The van der Waals surface area contributed by atoms with Crippen LogP contribution in [0.4, 0.5) is 0 Å². The molecule has 27 heavy (non-hydrogen) atoms. The molecule has 0 N–H and O–H groups in total. The lowest BCUT2D eigenvalue weighted by molar-refractivity contribution is -0.169. The van der Waals surface area contributed by atoms with Crippen molar-refractivity contribution in [1.82, 2.24) is 0 Å². The minimum atomic E-state index is -0.352. The second-order valence-electron chi connectivity index (χ2n) is 10.2. The maximum atomic E-state index is 12.0. The normalized spacial score (nSPS) is 54.6. The van der Waals surface area contributed by atoms with Crippen LogP contribution in [0.5, 0.6) is 0 Å². The summed E-state index contributed by atoms with van der Waals surface area (Å²) in [4.78, 5) is 24.0. The first kappa shape index (κ1) is 16.3. The average Bonchev–Trinajstić information content (AvgIpc) is 3.29. The summed E-state index contributed by atoms with van der Waals surface area (Å²) < 4.78 is 6.07. The quantitative estimate of drug-likeness (QED) is 0.516. The second-order valence-corrected chi connectivity index (χ2v) is 10.2. The zero-order valence-corrected chi connectivity index (χ0v) is 16.0. The first-order valence-corrected chi connectivity index (χ1v) is 10.8. The number of hydrogen-bond acceptors (Lipinski definition) is 3. The van der Waals surface area contributed by atoms with E-state index >= 15 is 0 Å². The van der Waals surface area contributed by atoms with Gasteiger partial charge in [-0.2, -0.15) is 0 Å². The monoisotopic (exact) mass is 364 g/mol. The van der Waals surface area contributed by atoms with Gasteiger partial charge in [0.25, 0.3) is 0 Å². The lowest BCUT2D eigenvalue weighted by Crippen LogP contribution is -2.56. The number of ketones is 1. The topological polar surface area (TPSA) is 43.4 Å². The Bertz CT molecular complexity index is 821. The standard InChI is InChI=1S/C24H28O3/c1-3-13-10-14-11-15(25)4-5-16(14)17-6-8-23(2)22(21(13)17)18-12-19(18)24(23)9-7-20(26)27-24/h3,7,9,11,13,16-19,21-22H,1,4-6,8,10,12H2,2H3/t13-,16-,17?,18+,19-,21?,22?,23-,24-/m0/s1. The summed E-state index contributed by atoms with van der Waals surface area (Å²) in [5.41, 5.74) is 1.10. The molecule has 142 valence electrons. The molecule has 3 unspecified atom stereocenters. The molecule has 0 aromatic heterocycles. The van der Waals surface area contributed by atoms with E-state index in [2.05, 4.69) is 25.7 Å². The summed E-state index contributed by atoms with van der Waals surface area (Å²) in [5, 5.41) is 0. The number of hydrogen-bond donors (Lipinski definition) is 0. The van der Waals surface area contributed by atoms with E-state index in [0.29, 0.717) is 53.6 Å². The molecule has 6 aliphatic rings. The Morgan fingerprint density at radius 2 is 2.11 bits per heavy atom. The van der Waals surface area contributed by atoms with Crippen molar-refractivity contribution in [3.05, 3.63) is 36.5 Å². The lowest BCUT2D eigenvalue weighted by atomic mass is 9.47. The number of ether oxygens (including phenoxy) is 1. The van der Waals surface area contributed by atoms with Crippen LogP contribution in [0.2, 0.25) is 0 Å². The van der Waals surface area contributed by atoms with Crippen LogP contribution in [0.3, 0.4) is 0 Å². The first-order valence-electron chi connectivity index (χ1n) is 10.8. The fourth-order valence-corrected chi connectivity index (χ4v) is 8.46. The van der Waals surface area contributed by atoms with Gasteiger partial charge in [-0.25, -0.2) is 4.79 Å². The van der Waals surface area contributed by atoms with Gasteiger partial charge in [0.15, 0.2) is 5.78 Å². The molecule has 0 amide bonds. The Morgan fingerprint density at radius 1 is 1.26 bits per heavy atom. The van der Waals surface area contributed by atoms with Crippen LogP contribution in [0.15, 0.2) is 36.5 Å². The molecule has 6 rings (SSSR count). The summed E-state index contributed by atoms with van der Waals surface area (Å²) in [7, 11) is 0. The Labute approximate surface area is 160 Å². The third-order valence-electron chi connectivity index (χ3n) is 9.43. The van der Waals surface area contributed by atoms with Gasteiger partial charge in [-0.1, -0.05) is 18.6 Å². The van der Waals surface area contributed by atoms with Crippen LogP contribution in [-0.2, 0) is 14.3 Å². The van der Waals surface area contributed by atoms with Gasteiger partial charge < -0.3 is 4.74 Å². The van der Waals surface area contributed by atoms with E-state index in [4.69, 9.17) is 4.74 Å². The molecule has 0 aromatic rings. The number of allylic oxidation sites excluding steroid dienone is 2. The number of rotatable bonds is 1. The van der Waals surface area contributed by atoms with Crippen molar-refractivity contribution in [2.75, 3.05) is 0 Å². The van der Waals surface area contributed by atoms with Gasteiger partial charge in [-0.3, -0.25) is 4.79 Å². The number of carbonyl (C=O) groups is 2. The van der Waals surface area contributed by atoms with E-state index in [1.54, 1.807) is 6.08 Å². The van der Waals surface area contributed by atoms with Crippen LogP contribution < -0.4 is 0 Å². The lowest BCUT2D eigenvalue weighted by Gasteiger charge is -2.58. The summed E-state index contributed by atoms with van der Waals surface area (Å²) in [5.74, 6) is 4.31. The van der Waals surface area contributed by atoms with Crippen molar-refractivity contribution >= 4 is 11.8 Å². The molecular formula is C24H28O3. The minimum Gasteiger partial charge on any atom is -0.451 e. The molecule has 0 aromatic carbocycles. The Hall–Kier alpha value is -1.64. The fourth-order valence-electron chi connectivity index (χ4n) is 8.46. The number of carbonyl (C=O) groups excluding carboxylic acids is 2. The van der Waals surface area contributed by atoms with E-state index in [9.17, 15) is 9.59 Å². The SMILES string of the molecule is C=C[C@H]1CC2=CC(=O)CC[C@@H]2C2CC[C@@]3(C)C(C21)[C@@H]1C[C@@H]1[C@@]31C=CC(=O)O1. The molecule has 5 aliphatic carbocycles. The van der Waals surface area contributed by atoms with Crippen molar-refractivity contribution in [3.8, 4) is 0 Å². The maximum Gasteiger partial charge on any atom is 0.331 e. The van der Waals surface area contributed by atoms with E-state index in [1.807, 2.05) is 6.08 Å². The zero-order valence-electron chi connectivity index (χ0n) is 16.0. The van der Waals surface area contributed by atoms with Crippen molar-refractivity contribution < 1.29 is 14.3 Å².